The Hall–Kier alpha value is -3.26. The molecule has 0 unspecified atom stereocenters. The van der Waals surface area contributed by atoms with Crippen molar-refractivity contribution in [1.82, 2.24) is 15.2 Å². The second-order valence-electron chi connectivity index (χ2n) is 6.70. The van der Waals surface area contributed by atoms with Crippen LogP contribution in [0.5, 0.6) is 0 Å². The summed E-state index contributed by atoms with van der Waals surface area (Å²) in [5.41, 5.74) is 3.85. The van der Waals surface area contributed by atoms with E-state index in [9.17, 15) is 14.4 Å². The summed E-state index contributed by atoms with van der Waals surface area (Å²) in [6.45, 7) is 1.63. The Morgan fingerprint density at radius 1 is 0.966 bits per heavy atom. The van der Waals surface area contributed by atoms with E-state index in [4.69, 9.17) is 16.0 Å². The van der Waals surface area contributed by atoms with Gasteiger partial charge in [-0.2, -0.15) is 0 Å². The number of halogens is 1. The predicted octanol–water partition coefficient (Wildman–Crippen LogP) is 2.04. The molecule has 9 heteroatoms. The lowest BCUT2D eigenvalue weighted by atomic mass is 10.2. The maximum absolute atomic E-state index is 12.9. The Balaban J connectivity index is 1.39. The number of anilines is 1. The third-order valence-corrected chi connectivity index (χ3v) is 5.12. The van der Waals surface area contributed by atoms with Crippen LogP contribution < -0.4 is 10.4 Å². The molecule has 0 radical (unpaired) electrons. The number of hydrogen-bond acceptors (Lipinski definition) is 5. The van der Waals surface area contributed by atoms with Crippen LogP contribution in [0.4, 0.5) is 5.69 Å². The molecule has 2 aromatic rings. The van der Waals surface area contributed by atoms with Crippen LogP contribution in [0.3, 0.4) is 0 Å². The molecule has 1 fully saturated rings. The molecule has 8 nitrogen and oxygen atoms in total. The molecule has 3 amide bonds. The van der Waals surface area contributed by atoms with Gasteiger partial charge in [0.25, 0.3) is 11.8 Å². The molecule has 1 N–H and O–H groups in total. The van der Waals surface area contributed by atoms with Gasteiger partial charge in [-0.05, 0) is 42.5 Å². The number of benzene rings is 1. The monoisotopic (exact) mass is 414 g/mol. The molecule has 0 saturated carbocycles. The molecule has 2 aliphatic rings. The molecule has 3 heterocycles. The number of carbonyl (C=O) groups is 3. The van der Waals surface area contributed by atoms with Crippen molar-refractivity contribution < 1.29 is 18.8 Å². The molecular formula is C20H19ClN4O4. The molecule has 1 saturated heterocycles. The van der Waals surface area contributed by atoms with Gasteiger partial charge in [-0.15, -0.1) is 0 Å². The highest BCUT2D eigenvalue weighted by atomic mass is 35.5. The minimum absolute atomic E-state index is 0.119. The zero-order chi connectivity index (χ0) is 20.4. The molecule has 4 rings (SSSR count). The zero-order valence-corrected chi connectivity index (χ0v) is 16.3. The Morgan fingerprint density at radius 2 is 1.62 bits per heavy atom. The summed E-state index contributed by atoms with van der Waals surface area (Å²) >= 11 is 5.90. The SMILES string of the molecule is O=C(C1=CCC(=O)N(c2ccc(Cl)cc2)N1)N1CCN(C(=O)c2ccco2)CC1. The number of furan rings is 1. The minimum atomic E-state index is -0.207. The number of rotatable bonds is 3. The van der Waals surface area contributed by atoms with E-state index in [-0.39, 0.29) is 24.1 Å². The second kappa shape index (κ2) is 8.00. The molecule has 0 atom stereocenters. The summed E-state index contributed by atoms with van der Waals surface area (Å²) < 4.78 is 5.15. The molecule has 1 aromatic carbocycles. The van der Waals surface area contributed by atoms with Crippen LogP contribution in [0.1, 0.15) is 17.0 Å². The minimum Gasteiger partial charge on any atom is -0.459 e. The van der Waals surface area contributed by atoms with Crippen molar-refractivity contribution in [3.8, 4) is 0 Å². The van der Waals surface area contributed by atoms with Gasteiger partial charge >= 0.3 is 0 Å². The Labute approximate surface area is 172 Å². The van der Waals surface area contributed by atoms with Crippen molar-refractivity contribution in [3.63, 3.8) is 0 Å². The van der Waals surface area contributed by atoms with Gasteiger partial charge in [0, 0.05) is 37.6 Å². The van der Waals surface area contributed by atoms with E-state index in [0.717, 1.165) is 0 Å². The predicted molar refractivity (Wildman–Crippen MR) is 106 cm³/mol. The van der Waals surface area contributed by atoms with Crippen molar-refractivity contribution in [2.45, 2.75) is 6.42 Å². The van der Waals surface area contributed by atoms with Crippen molar-refractivity contribution in [2.24, 2.45) is 0 Å². The fraction of sp³-hybridized carbons (Fsp3) is 0.250. The Bertz CT molecular complexity index is 947. The smallest absolute Gasteiger partial charge is 0.289 e. The first kappa shape index (κ1) is 19.1. The second-order valence-corrected chi connectivity index (χ2v) is 7.14. The third-order valence-electron chi connectivity index (χ3n) is 4.86. The maximum Gasteiger partial charge on any atom is 0.289 e. The first-order valence-electron chi connectivity index (χ1n) is 9.20. The quantitative estimate of drug-likeness (QED) is 0.830. The topological polar surface area (TPSA) is 86.1 Å². The van der Waals surface area contributed by atoms with Crippen molar-refractivity contribution in [3.05, 3.63) is 65.2 Å². The molecular weight excluding hydrogens is 396 g/mol. The van der Waals surface area contributed by atoms with Crippen LogP contribution in [-0.2, 0) is 9.59 Å². The van der Waals surface area contributed by atoms with Gasteiger partial charge in [-0.1, -0.05) is 11.6 Å². The highest BCUT2D eigenvalue weighted by Crippen LogP contribution is 2.21. The summed E-state index contributed by atoms with van der Waals surface area (Å²) in [4.78, 5) is 40.9. The van der Waals surface area contributed by atoms with Crippen LogP contribution in [0.25, 0.3) is 0 Å². The van der Waals surface area contributed by atoms with E-state index in [0.29, 0.717) is 48.3 Å². The number of hydrazine groups is 1. The number of amides is 3. The molecule has 0 bridgehead atoms. The van der Waals surface area contributed by atoms with Crippen molar-refractivity contribution in [2.75, 3.05) is 31.2 Å². The number of piperazine rings is 1. The van der Waals surface area contributed by atoms with Gasteiger partial charge in [-0.3, -0.25) is 19.8 Å². The highest BCUT2D eigenvalue weighted by Gasteiger charge is 2.30. The Kier molecular flexibility index (Phi) is 5.26. The summed E-state index contributed by atoms with van der Waals surface area (Å²) in [5, 5.41) is 1.91. The molecule has 29 heavy (non-hydrogen) atoms. The van der Waals surface area contributed by atoms with E-state index in [1.807, 2.05) is 0 Å². The number of hydrogen-bond donors (Lipinski definition) is 1. The lowest BCUT2D eigenvalue weighted by Crippen LogP contribution is -2.54. The van der Waals surface area contributed by atoms with E-state index in [1.165, 1.54) is 11.3 Å². The molecule has 0 spiro atoms. The van der Waals surface area contributed by atoms with Gasteiger partial charge in [0.15, 0.2) is 5.76 Å². The van der Waals surface area contributed by atoms with Gasteiger partial charge in [0.1, 0.15) is 5.70 Å². The third kappa shape index (κ3) is 3.97. The number of carbonyl (C=O) groups excluding carboxylic acids is 3. The van der Waals surface area contributed by atoms with Gasteiger partial charge in [0.05, 0.1) is 12.0 Å². The molecule has 2 aliphatic heterocycles. The first-order chi connectivity index (χ1) is 14.0. The summed E-state index contributed by atoms with van der Waals surface area (Å²) in [7, 11) is 0. The standard InChI is InChI=1S/C20H19ClN4O4/c21-14-3-5-15(6-4-14)25-18(26)8-7-16(22-25)19(27)23-9-11-24(12-10-23)20(28)17-2-1-13-29-17/h1-7,13,22H,8-12H2. The summed E-state index contributed by atoms with van der Waals surface area (Å²) in [5.74, 6) is -0.269. The fourth-order valence-electron chi connectivity index (χ4n) is 3.28. The number of nitrogens with zero attached hydrogens (tertiary/aromatic N) is 3. The molecule has 150 valence electrons. The van der Waals surface area contributed by atoms with Gasteiger partial charge in [-0.25, -0.2) is 5.01 Å². The summed E-state index contributed by atoms with van der Waals surface area (Å²) in [6, 6.07) is 10.1. The number of nitrogens with one attached hydrogen (secondary N) is 1. The van der Waals surface area contributed by atoms with Gasteiger partial charge in [0.2, 0.25) is 5.91 Å². The normalized spacial score (nSPS) is 17.1. The van der Waals surface area contributed by atoms with Crippen LogP contribution in [-0.4, -0.2) is 53.7 Å². The average Bonchev–Trinajstić information content (AvgIpc) is 3.29. The van der Waals surface area contributed by atoms with Crippen molar-refractivity contribution in [1.29, 1.82) is 0 Å². The van der Waals surface area contributed by atoms with E-state index < -0.39 is 0 Å². The fourth-order valence-corrected chi connectivity index (χ4v) is 3.41. The Morgan fingerprint density at radius 3 is 2.24 bits per heavy atom. The van der Waals surface area contributed by atoms with E-state index in [1.54, 1.807) is 52.3 Å². The van der Waals surface area contributed by atoms with E-state index >= 15 is 0 Å². The van der Waals surface area contributed by atoms with Crippen molar-refractivity contribution >= 4 is 35.0 Å². The average molecular weight is 415 g/mol. The summed E-state index contributed by atoms with van der Waals surface area (Å²) in [6.07, 6.45) is 3.17. The highest BCUT2D eigenvalue weighted by molar-refractivity contribution is 6.30. The van der Waals surface area contributed by atoms with Crippen LogP contribution in [0.15, 0.2) is 58.9 Å². The van der Waals surface area contributed by atoms with E-state index in [2.05, 4.69) is 5.43 Å². The van der Waals surface area contributed by atoms with Crippen LogP contribution in [0, 0.1) is 0 Å². The lowest BCUT2D eigenvalue weighted by Gasteiger charge is -2.36. The lowest BCUT2D eigenvalue weighted by molar-refractivity contribution is -0.129. The largest absolute Gasteiger partial charge is 0.459 e. The van der Waals surface area contributed by atoms with Crippen LogP contribution in [0.2, 0.25) is 5.02 Å². The zero-order valence-electron chi connectivity index (χ0n) is 15.5. The first-order valence-corrected chi connectivity index (χ1v) is 9.58. The van der Waals surface area contributed by atoms with Gasteiger partial charge < -0.3 is 14.2 Å². The molecule has 1 aromatic heterocycles. The van der Waals surface area contributed by atoms with Crippen LogP contribution >= 0.6 is 11.6 Å². The maximum atomic E-state index is 12.9. The molecule has 0 aliphatic carbocycles.